The molecule has 0 spiro atoms. The van der Waals surface area contributed by atoms with Crippen LogP contribution in [0.4, 0.5) is 0 Å². The molecule has 1 aliphatic heterocycles. The molecule has 1 aliphatic rings. The first kappa shape index (κ1) is 17.7. The molecule has 0 aliphatic carbocycles. The summed E-state index contributed by atoms with van der Waals surface area (Å²) in [4.78, 5) is 19.3. The van der Waals surface area contributed by atoms with Gasteiger partial charge in [-0.1, -0.05) is 32.4 Å². The largest absolute Gasteiger partial charge is 0.330 e. The Labute approximate surface area is 140 Å². The maximum Gasteiger partial charge on any atom is 0.247 e. The summed E-state index contributed by atoms with van der Waals surface area (Å²) in [7, 11) is 0. The van der Waals surface area contributed by atoms with Gasteiger partial charge >= 0.3 is 0 Å². The quantitative estimate of drug-likeness (QED) is 0.868. The molecule has 0 unspecified atom stereocenters. The number of nitrogens with one attached hydrogen (secondary N) is 1. The van der Waals surface area contributed by atoms with E-state index in [1.165, 1.54) is 0 Å². The Morgan fingerprint density at radius 1 is 1.35 bits per heavy atom. The standard InChI is InChI=1S/C19H29N3O/c1-15(19(2,3)4)13-18(23)22(17-8-11-20-12-9-17)14-16-7-5-6-10-21-16/h5-7,10,13,17,20H,8-9,11-12,14H2,1-4H3/b15-13+. The van der Waals surface area contributed by atoms with E-state index >= 15 is 0 Å². The molecule has 2 rings (SSSR count). The minimum absolute atomic E-state index is 0.0143. The van der Waals surface area contributed by atoms with E-state index in [2.05, 4.69) is 31.1 Å². The van der Waals surface area contributed by atoms with Crippen LogP contribution in [0.5, 0.6) is 0 Å². The second kappa shape index (κ2) is 7.73. The van der Waals surface area contributed by atoms with Gasteiger partial charge in [0.2, 0.25) is 5.91 Å². The normalized spacial score (nSPS) is 17.1. The van der Waals surface area contributed by atoms with Crippen molar-refractivity contribution in [2.45, 2.75) is 53.1 Å². The van der Waals surface area contributed by atoms with Crippen LogP contribution in [0.25, 0.3) is 0 Å². The van der Waals surface area contributed by atoms with Gasteiger partial charge in [-0.25, -0.2) is 0 Å². The smallest absolute Gasteiger partial charge is 0.247 e. The Morgan fingerprint density at radius 2 is 2.04 bits per heavy atom. The van der Waals surface area contributed by atoms with Crippen LogP contribution in [-0.4, -0.2) is 34.9 Å². The minimum atomic E-state index is 0.0143. The van der Waals surface area contributed by atoms with E-state index in [1.807, 2.05) is 36.1 Å². The maximum atomic E-state index is 12.9. The van der Waals surface area contributed by atoms with E-state index in [-0.39, 0.29) is 17.4 Å². The number of allylic oxidation sites excluding steroid dienone is 1. The van der Waals surface area contributed by atoms with Crippen LogP contribution in [0.2, 0.25) is 0 Å². The van der Waals surface area contributed by atoms with Crippen LogP contribution >= 0.6 is 0 Å². The highest BCUT2D eigenvalue weighted by Gasteiger charge is 2.25. The molecule has 1 aromatic rings. The Morgan fingerprint density at radius 3 is 2.61 bits per heavy atom. The molecule has 0 aromatic carbocycles. The summed E-state index contributed by atoms with van der Waals surface area (Å²) in [6.45, 7) is 11.0. The molecule has 126 valence electrons. The summed E-state index contributed by atoms with van der Waals surface area (Å²) in [5, 5.41) is 3.37. The molecule has 23 heavy (non-hydrogen) atoms. The van der Waals surface area contributed by atoms with E-state index in [9.17, 15) is 4.79 Å². The number of carbonyl (C=O) groups is 1. The molecular formula is C19H29N3O. The number of pyridine rings is 1. The van der Waals surface area contributed by atoms with Crippen LogP contribution in [0.1, 0.15) is 46.2 Å². The fourth-order valence-electron chi connectivity index (χ4n) is 2.66. The van der Waals surface area contributed by atoms with Gasteiger partial charge in [0, 0.05) is 18.3 Å². The van der Waals surface area contributed by atoms with Gasteiger partial charge in [-0.15, -0.1) is 0 Å². The zero-order valence-corrected chi connectivity index (χ0v) is 14.8. The second-order valence-corrected chi connectivity index (χ2v) is 7.35. The van der Waals surface area contributed by atoms with Crippen molar-refractivity contribution in [1.82, 2.24) is 15.2 Å². The van der Waals surface area contributed by atoms with Crippen LogP contribution < -0.4 is 5.32 Å². The van der Waals surface area contributed by atoms with Gasteiger partial charge in [-0.2, -0.15) is 0 Å². The Balaban J connectivity index is 2.20. The van der Waals surface area contributed by atoms with Crippen LogP contribution in [0, 0.1) is 5.41 Å². The molecule has 4 nitrogen and oxygen atoms in total. The average Bonchev–Trinajstić information content (AvgIpc) is 2.53. The topological polar surface area (TPSA) is 45.2 Å². The molecule has 0 saturated carbocycles. The molecule has 2 heterocycles. The van der Waals surface area contributed by atoms with Gasteiger partial charge in [0.1, 0.15) is 0 Å². The lowest BCUT2D eigenvalue weighted by molar-refractivity contribution is -0.129. The minimum Gasteiger partial charge on any atom is -0.330 e. The number of piperidine rings is 1. The first-order valence-electron chi connectivity index (χ1n) is 8.48. The van der Waals surface area contributed by atoms with E-state index in [4.69, 9.17) is 0 Å². The third kappa shape index (κ3) is 5.17. The lowest BCUT2D eigenvalue weighted by atomic mass is 9.87. The summed E-state index contributed by atoms with van der Waals surface area (Å²) in [5.41, 5.74) is 2.07. The average molecular weight is 315 g/mol. The zero-order chi connectivity index (χ0) is 16.9. The van der Waals surface area contributed by atoms with Crippen molar-refractivity contribution in [3.63, 3.8) is 0 Å². The molecule has 0 atom stereocenters. The summed E-state index contributed by atoms with van der Waals surface area (Å²) in [5.74, 6) is 0.106. The van der Waals surface area contributed by atoms with Gasteiger partial charge in [0.05, 0.1) is 12.2 Å². The van der Waals surface area contributed by atoms with Crippen molar-refractivity contribution in [2.24, 2.45) is 5.41 Å². The summed E-state index contributed by atoms with van der Waals surface area (Å²) < 4.78 is 0. The molecule has 1 amide bonds. The molecule has 1 N–H and O–H groups in total. The highest BCUT2D eigenvalue weighted by molar-refractivity contribution is 5.88. The van der Waals surface area contributed by atoms with Gasteiger partial charge in [0.15, 0.2) is 0 Å². The van der Waals surface area contributed by atoms with Crippen molar-refractivity contribution in [3.05, 3.63) is 41.7 Å². The van der Waals surface area contributed by atoms with Crippen LogP contribution in [-0.2, 0) is 11.3 Å². The SMILES string of the molecule is C/C(=C\C(=O)N(Cc1ccccn1)C1CCNCC1)C(C)(C)C. The van der Waals surface area contributed by atoms with Crippen molar-refractivity contribution in [2.75, 3.05) is 13.1 Å². The number of hydrogen-bond donors (Lipinski definition) is 1. The van der Waals surface area contributed by atoms with Crippen molar-refractivity contribution in [3.8, 4) is 0 Å². The number of carbonyl (C=O) groups excluding carboxylic acids is 1. The first-order valence-corrected chi connectivity index (χ1v) is 8.48. The first-order chi connectivity index (χ1) is 10.9. The third-order valence-corrected chi connectivity index (χ3v) is 4.61. The summed E-state index contributed by atoms with van der Waals surface area (Å²) in [6.07, 6.45) is 5.60. The van der Waals surface area contributed by atoms with Crippen LogP contribution in [0.3, 0.4) is 0 Å². The molecule has 0 bridgehead atoms. The van der Waals surface area contributed by atoms with Gasteiger partial charge < -0.3 is 10.2 Å². The lowest BCUT2D eigenvalue weighted by Crippen LogP contribution is -2.45. The fourth-order valence-corrected chi connectivity index (χ4v) is 2.66. The van der Waals surface area contributed by atoms with Gasteiger partial charge in [-0.05, 0) is 50.4 Å². The predicted molar refractivity (Wildman–Crippen MR) is 93.9 cm³/mol. The Hall–Kier alpha value is -1.68. The van der Waals surface area contributed by atoms with Crippen molar-refractivity contribution >= 4 is 5.91 Å². The zero-order valence-electron chi connectivity index (χ0n) is 14.8. The van der Waals surface area contributed by atoms with Gasteiger partial charge in [0.25, 0.3) is 0 Å². The molecule has 1 aromatic heterocycles. The van der Waals surface area contributed by atoms with E-state index in [0.29, 0.717) is 6.54 Å². The highest BCUT2D eigenvalue weighted by Crippen LogP contribution is 2.25. The van der Waals surface area contributed by atoms with E-state index in [0.717, 1.165) is 37.2 Å². The second-order valence-electron chi connectivity index (χ2n) is 7.35. The molecule has 1 saturated heterocycles. The number of aromatic nitrogens is 1. The number of rotatable bonds is 4. The van der Waals surface area contributed by atoms with E-state index in [1.54, 1.807) is 6.20 Å². The van der Waals surface area contributed by atoms with E-state index < -0.39 is 0 Å². The maximum absolute atomic E-state index is 12.9. The van der Waals surface area contributed by atoms with Crippen molar-refractivity contribution < 1.29 is 4.79 Å². The Bertz CT molecular complexity index is 539. The predicted octanol–water partition coefficient (Wildman–Crippen LogP) is 3.15. The summed E-state index contributed by atoms with van der Waals surface area (Å²) >= 11 is 0. The highest BCUT2D eigenvalue weighted by atomic mass is 16.2. The van der Waals surface area contributed by atoms with Crippen molar-refractivity contribution in [1.29, 1.82) is 0 Å². The van der Waals surface area contributed by atoms with Crippen LogP contribution in [0.15, 0.2) is 36.0 Å². The summed E-state index contributed by atoms with van der Waals surface area (Å²) in [6, 6.07) is 6.16. The molecule has 4 heteroatoms. The molecule has 0 radical (unpaired) electrons. The number of nitrogens with zero attached hydrogens (tertiary/aromatic N) is 2. The molecular weight excluding hydrogens is 286 g/mol. The molecule has 1 fully saturated rings. The van der Waals surface area contributed by atoms with Gasteiger partial charge in [-0.3, -0.25) is 9.78 Å². The number of hydrogen-bond acceptors (Lipinski definition) is 3. The number of amides is 1. The lowest BCUT2D eigenvalue weighted by Gasteiger charge is -2.34. The fraction of sp³-hybridized carbons (Fsp3) is 0.579. The third-order valence-electron chi connectivity index (χ3n) is 4.61. The Kier molecular flexibility index (Phi) is 5.94. The monoisotopic (exact) mass is 315 g/mol.